The first-order valence-corrected chi connectivity index (χ1v) is 8.64. The van der Waals surface area contributed by atoms with Gasteiger partial charge >= 0.3 is 6.03 Å². The number of benzene rings is 2. The maximum absolute atomic E-state index is 13.1. The topological polar surface area (TPSA) is 80.0 Å². The standard InChI is InChI=1S/C18H16F2N4OS/c19-12-7-13(20)9-15(8-12)24-18(25)23-14-3-1-11(2-4-14)16-10-22-17(26-16)5-6-21/h1-4,7-10H,5-6,21H2,(H2,23,24,25). The van der Waals surface area contributed by atoms with Gasteiger partial charge in [0.1, 0.15) is 11.6 Å². The molecule has 0 aliphatic carbocycles. The zero-order valence-corrected chi connectivity index (χ0v) is 14.4. The van der Waals surface area contributed by atoms with E-state index < -0.39 is 17.7 Å². The summed E-state index contributed by atoms with van der Waals surface area (Å²) in [5, 5.41) is 5.97. The zero-order valence-electron chi connectivity index (χ0n) is 13.6. The van der Waals surface area contributed by atoms with Gasteiger partial charge in [-0.25, -0.2) is 18.6 Å². The second kappa shape index (κ2) is 8.03. The lowest BCUT2D eigenvalue weighted by molar-refractivity contribution is 0.262. The highest BCUT2D eigenvalue weighted by Crippen LogP contribution is 2.27. The normalized spacial score (nSPS) is 10.6. The molecule has 0 bridgehead atoms. The molecule has 1 aromatic heterocycles. The molecule has 0 aliphatic rings. The fourth-order valence-electron chi connectivity index (χ4n) is 2.32. The number of rotatable bonds is 5. The first-order chi connectivity index (χ1) is 12.5. The van der Waals surface area contributed by atoms with E-state index in [1.165, 1.54) is 0 Å². The Morgan fingerprint density at radius 3 is 2.35 bits per heavy atom. The summed E-state index contributed by atoms with van der Waals surface area (Å²) in [6.45, 7) is 0.556. The van der Waals surface area contributed by atoms with E-state index in [4.69, 9.17) is 5.73 Å². The van der Waals surface area contributed by atoms with E-state index in [1.807, 2.05) is 12.1 Å². The number of aromatic nitrogens is 1. The van der Waals surface area contributed by atoms with E-state index in [9.17, 15) is 13.6 Å². The van der Waals surface area contributed by atoms with Crippen molar-refractivity contribution < 1.29 is 13.6 Å². The number of halogens is 2. The van der Waals surface area contributed by atoms with Gasteiger partial charge in [-0.3, -0.25) is 0 Å². The number of nitrogens with zero attached hydrogens (tertiary/aromatic N) is 1. The summed E-state index contributed by atoms with van der Waals surface area (Å²) in [5.41, 5.74) is 7.09. The van der Waals surface area contributed by atoms with Crippen LogP contribution >= 0.6 is 11.3 Å². The summed E-state index contributed by atoms with van der Waals surface area (Å²) in [6.07, 6.45) is 2.54. The third-order valence-corrected chi connectivity index (χ3v) is 4.57. The average molecular weight is 374 g/mol. The lowest BCUT2D eigenvalue weighted by Crippen LogP contribution is -2.19. The molecule has 5 nitrogen and oxygen atoms in total. The van der Waals surface area contributed by atoms with Crippen molar-refractivity contribution in [1.29, 1.82) is 0 Å². The molecule has 0 aliphatic heterocycles. The van der Waals surface area contributed by atoms with Crippen molar-refractivity contribution in [3.8, 4) is 10.4 Å². The van der Waals surface area contributed by atoms with Gasteiger partial charge in [0.25, 0.3) is 0 Å². The Morgan fingerprint density at radius 2 is 1.69 bits per heavy atom. The van der Waals surface area contributed by atoms with Crippen molar-refractivity contribution in [2.45, 2.75) is 6.42 Å². The van der Waals surface area contributed by atoms with Crippen molar-refractivity contribution in [1.82, 2.24) is 4.98 Å². The number of thiazole rings is 1. The SMILES string of the molecule is NCCc1ncc(-c2ccc(NC(=O)Nc3cc(F)cc(F)c3)cc2)s1. The van der Waals surface area contributed by atoms with Crippen LogP contribution in [0.5, 0.6) is 0 Å². The second-order valence-electron chi connectivity index (χ2n) is 5.47. The highest BCUT2D eigenvalue weighted by molar-refractivity contribution is 7.15. The monoisotopic (exact) mass is 374 g/mol. The third kappa shape index (κ3) is 4.62. The molecule has 0 spiro atoms. The summed E-state index contributed by atoms with van der Waals surface area (Å²) >= 11 is 1.57. The minimum Gasteiger partial charge on any atom is -0.330 e. The van der Waals surface area contributed by atoms with Crippen molar-refractivity contribution in [3.05, 3.63) is 65.3 Å². The molecule has 3 rings (SSSR count). The Hall–Kier alpha value is -2.84. The Morgan fingerprint density at radius 1 is 1.04 bits per heavy atom. The quantitative estimate of drug-likeness (QED) is 0.625. The lowest BCUT2D eigenvalue weighted by atomic mass is 10.2. The average Bonchev–Trinajstić information content (AvgIpc) is 3.03. The molecule has 0 atom stereocenters. The first-order valence-electron chi connectivity index (χ1n) is 7.83. The molecule has 8 heteroatoms. The van der Waals surface area contributed by atoms with E-state index in [0.717, 1.165) is 40.1 Å². The maximum Gasteiger partial charge on any atom is 0.323 e. The molecule has 134 valence electrons. The van der Waals surface area contributed by atoms with Crippen molar-refractivity contribution in [2.75, 3.05) is 17.2 Å². The number of urea groups is 1. The van der Waals surface area contributed by atoms with Gasteiger partial charge in [0.2, 0.25) is 0 Å². The second-order valence-corrected chi connectivity index (χ2v) is 6.59. The minimum absolute atomic E-state index is 0.0358. The number of nitrogens with one attached hydrogen (secondary N) is 2. The molecule has 0 saturated heterocycles. The largest absolute Gasteiger partial charge is 0.330 e. The molecule has 1 heterocycles. The first kappa shape index (κ1) is 18.0. The number of hydrogen-bond donors (Lipinski definition) is 3. The molecule has 2 aromatic carbocycles. The summed E-state index contributed by atoms with van der Waals surface area (Å²) in [6, 6.07) is 9.41. The van der Waals surface area contributed by atoms with E-state index in [1.54, 1.807) is 29.7 Å². The molecule has 0 fully saturated rings. The van der Waals surface area contributed by atoms with E-state index in [2.05, 4.69) is 15.6 Å². The molecule has 26 heavy (non-hydrogen) atoms. The van der Waals surface area contributed by atoms with Gasteiger partial charge in [-0.2, -0.15) is 0 Å². The molecule has 0 saturated carbocycles. The van der Waals surface area contributed by atoms with Crippen LogP contribution in [0.4, 0.5) is 25.0 Å². The minimum atomic E-state index is -0.761. The van der Waals surface area contributed by atoms with Gasteiger partial charge in [-0.15, -0.1) is 11.3 Å². The fraction of sp³-hybridized carbons (Fsp3) is 0.111. The highest BCUT2D eigenvalue weighted by Gasteiger charge is 2.07. The van der Waals surface area contributed by atoms with Gasteiger partial charge in [-0.1, -0.05) is 12.1 Å². The summed E-state index contributed by atoms with van der Waals surface area (Å²) in [4.78, 5) is 17.3. The van der Waals surface area contributed by atoms with Crippen molar-refractivity contribution in [3.63, 3.8) is 0 Å². The molecular formula is C18H16F2N4OS. The highest BCUT2D eigenvalue weighted by atomic mass is 32.1. The van der Waals surface area contributed by atoms with Crippen LogP contribution in [0.15, 0.2) is 48.7 Å². The van der Waals surface area contributed by atoms with Gasteiger partial charge in [0, 0.05) is 30.1 Å². The van der Waals surface area contributed by atoms with Gasteiger partial charge in [-0.05, 0) is 36.4 Å². The van der Waals surface area contributed by atoms with E-state index >= 15 is 0 Å². The van der Waals surface area contributed by atoms with Crippen LogP contribution in [0.2, 0.25) is 0 Å². The Bertz CT molecular complexity index is 892. The van der Waals surface area contributed by atoms with E-state index in [-0.39, 0.29) is 5.69 Å². The fourth-order valence-corrected chi connectivity index (χ4v) is 3.26. The van der Waals surface area contributed by atoms with E-state index in [0.29, 0.717) is 12.2 Å². The molecule has 4 N–H and O–H groups in total. The smallest absolute Gasteiger partial charge is 0.323 e. The number of hydrogen-bond acceptors (Lipinski definition) is 4. The third-order valence-electron chi connectivity index (χ3n) is 3.46. The molecular weight excluding hydrogens is 358 g/mol. The van der Waals surface area contributed by atoms with Crippen molar-refractivity contribution in [2.24, 2.45) is 5.73 Å². The van der Waals surface area contributed by atoms with Gasteiger partial charge in [0.05, 0.1) is 9.88 Å². The van der Waals surface area contributed by atoms with Crippen LogP contribution < -0.4 is 16.4 Å². The molecule has 0 radical (unpaired) electrons. The summed E-state index contributed by atoms with van der Waals surface area (Å²) < 4.78 is 26.3. The molecule has 3 aromatic rings. The molecule has 2 amide bonds. The van der Waals surface area contributed by atoms with Gasteiger partial charge < -0.3 is 16.4 Å². The predicted octanol–water partition coefficient (Wildman–Crippen LogP) is 4.23. The Labute approximate surface area is 152 Å². The Balaban J connectivity index is 1.63. The summed E-state index contributed by atoms with van der Waals surface area (Å²) in [7, 11) is 0. The molecule has 0 unspecified atom stereocenters. The number of carbonyl (C=O) groups excluding carboxylic acids is 1. The van der Waals surface area contributed by atoms with Crippen LogP contribution in [0.25, 0.3) is 10.4 Å². The number of nitrogens with two attached hydrogens (primary N) is 1. The number of amides is 2. The van der Waals surface area contributed by atoms with Crippen LogP contribution in [0.1, 0.15) is 5.01 Å². The Kier molecular flexibility index (Phi) is 5.55. The lowest BCUT2D eigenvalue weighted by Gasteiger charge is -2.08. The maximum atomic E-state index is 13.1. The van der Waals surface area contributed by atoms with Crippen LogP contribution in [-0.4, -0.2) is 17.6 Å². The number of anilines is 2. The zero-order chi connectivity index (χ0) is 18.5. The van der Waals surface area contributed by atoms with Crippen LogP contribution in [0.3, 0.4) is 0 Å². The summed E-state index contributed by atoms with van der Waals surface area (Å²) in [5.74, 6) is -1.52. The number of carbonyl (C=O) groups is 1. The van der Waals surface area contributed by atoms with Crippen LogP contribution in [-0.2, 0) is 6.42 Å². The van der Waals surface area contributed by atoms with Gasteiger partial charge in [0.15, 0.2) is 0 Å². The van der Waals surface area contributed by atoms with Crippen LogP contribution in [0, 0.1) is 11.6 Å². The predicted molar refractivity (Wildman–Crippen MR) is 99.3 cm³/mol. The van der Waals surface area contributed by atoms with Crippen molar-refractivity contribution >= 4 is 28.7 Å².